The minimum absolute atomic E-state index is 0.399. The fourth-order valence-electron chi connectivity index (χ4n) is 1.42. The lowest BCUT2D eigenvalue weighted by atomic mass is 10.1. The predicted octanol–water partition coefficient (Wildman–Crippen LogP) is 3.07. The average molecular weight is 261 g/mol. The normalized spacial score (nSPS) is 9.80. The summed E-state index contributed by atoms with van der Waals surface area (Å²) in [5.74, 6) is 0.747. The molecule has 0 aliphatic rings. The summed E-state index contributed by atoms with van der Waals surface area (Å²) in [6, 6.07) is 9.11. The Labute approximate surface area is 94.7 Å². The SMILES string of the molecule is N#Cc1cc(C#N)c2oc(CBr)cc2c1. The van der Waals surface area contributed by atoms with E-state index in [0.717, 1.165) is 11.1 Å². The van der Waals surface area contributed by atoms with Crippen molar-refractivity contribution in [1.82, 2.24) is 0 Å². The van der Waals surface area contributed by atoms with Crippen LogP contribution in [-0.2, 0) is 5.33 Å². The molecule has 2 rings (SSSR count). The second kappa shape index (κ2) is 3.76. The zero-order chi connectivity index (χ0) is 10.8. The van der Waals surface area contributed by atoms with E-state index in [0.29, 0.717) is 22.0 Å². The molecular formula is C11H5BrN2O. The van der Waals surface area contributed by atoms with E-state index in [1.54, 1.807) is 6.07 Å². The van der Waals surface area contributed by atoms with Gasteiger partial charge in [-0.2, -0.15) is 10.5 Å². The molecule has 2 aromatic rings. The van der Waals surface area contributed by atoms with E-state index in [4.69, 9.17) is 14.9 Å². The van der Waals surface area contributed by atoms with E-state index in [2.05, 4.69) is 15.9 Å². The molecule has 0 radical (unpaired) electrons. The first-order chi connectivity index (χ1) is 7.28. The van der Waals surface area contributed by atoms with Crippen LogP contribution >= 0.6 is 15.9 Å². The Balaban J connectivity index is 2.80. The number of hydrogen-bond donors (Lipinski definition) is 0. The van der Waals surface area contributed by atoms with E-state index in [1.165, 1.54) is 6.07 Å². The molecule has 0 aliphatic heterocycles. The molecule has 4 heteroatoms. The summed E-state index contributed by atoms with van der Waals surface area (Å²) in [6.07, 6.45) is 0. The minimum Gasteiger partial charge on any atom is -0.459 e. The molecule has 0 saturated carbocycles. The molecule has 15 heavy (non-hydrogen) atoms. The Morgan fingerprint density at radius 1 is 1.20 bits per heavy atom. The molecule has 1 heterocycles. The molecule has 0 aliphatic carbocycles. The van der Waals surface area contributed by atoms with Crippen LogP contribution in [0.15, 0.2) is 22.6 Å². The van der Waals surface area contributed by atoms with Crippen LogP contribution in [0.5, 0.6) is 0 Å². The highest BCUT2D eigenvalue weighted by atomic mass is 79.9. The van der Waals surface area contributed by atoms with Gasteiger partial charge in [0.15, 0.2) is 5.58 Å². The van der Waals surface area contributed by atoms with Crippen molar-refractivity contribution in [1.29, 1.82) is 10.5 Å². The zero-order valence-corrected chi connectivity index (χ0v) is 9.21. The van der Waals surface area contributed by atoms with Gasteiger partial charge in [0, 0.05) is 5.39 Å². The minimum atomic E-state index is 0.399. The fraction of sp³-hybridized carbons (Fsp3) is 0.0909. The van der Waals surface area contributed by atoms with Crippen molar-refractivity contribution in [2.45, 2.75) is 5.33 Å². The van der Waals surface area contributed by atoms with Crippen LogP contribution in [0.3, 0.4) is 0 Å². The van der Waals surface area contributed by atoms with E-state index in [1.807, 2.05) is 18.2 Å². The number of nitrogens with zero attached hydrogens (tertiary/aromatic N) is 2. The standard InChI is InChI=1S/C11H5BrN2O/c12-4-10-3-8-1-7(5-13)2-9(6-14)11(8)15-10/h1-3H,4H2. The molecule has 0 unspecified atom stereocenters. The second-order valence-corrected chi connectivity index (χ2v) is 3.57. The molecule has 0 bridgehead atoms. The number of benzene rings is 1. The van der Waals surface area contributed by atoms with Crippen LogP contribution in [0.1, 0.15) is 16.9 Å². The predicted molar refractivity (Wildman–Crippen MR) is 58.3 cm³/mol. The van der Waals surface area contributed by atoms with Gasteiger partial charge in [-0.1, -0.05) is 15.9 Å². The Bertz CT molecular complexity index is 601. The highest BCUT2D eigenvalue weighted by Crippen LogP contribution is 2.25. The van der Waals surface area contributed by atoms with Gasteiger partial charge in [0.2, 0.25) is 0 Å². The fourth-order valence-corrected chi connectivity index (χ4v) is 1.70. The maximum atomic E-state index is 8.91. The van der Waals surface area contributed by atoms with Crippen LogP contribution < -0.4 is 0 Å². The Morgan fingerprint density at radius 2 is 2.00 bits per heavy atom. The van der Waals surface area contributed by atoms with Crippen LogP contribution in [0.4, 0.5) is 0 Å². The van der Waals surface area contributed by atoms with E-state index < -0.39 is 0 Å². The van der Waals surface area contributed by atoms with Gasteiger partial charge in [0.1, 0.15) is 11.8 Å². The number of nitriles is 2. The van der Waals surface area contributed by atoms with Gasteiger partial charge in [-0.3, -0.25) is 0 Å². The van der Waals surface area contributed by atoms with Gasteiger partial charge in [0.25, 0.3) is 0 Å². The van der Waals surface area contributed by atoms with Crippen molar-refractivity contribution in [3.8, 4) is 12.1 Å². The summed E-state index contributed by atoms with van der Waals surface area (Å²) < 4.78 is 5.46. The molecule has 0 amide bonds. The first kappa shape index (κ1) is 9.76. The summed E-state index contributed by atoms with van der Waals surface area (Å²) in [6.45, 7) is 0. The number of halogens is 1. The lowest BCUT2D eigenvalue weighted by Gasteiger charge is -1.92. The third kappa shape index (κ3) is 1.60. The largest absolute Gasteiger partial charge is 0.459 e. The summed E-state index contributed by atoms with van der Waals surface area (Å²) in [5, 5.41) is 19.1. The highest BCUT2D eigenvalue weighted by Gasteiger charge is 2.09. The van der Waals surface area contributed by atoms with Gasteiger partial charge in [-0.25, -0.2) is 0 Å². The Kier molecular flexibility index (Phi) is 2.45. The quantitative estimate of drug-likeness (QED) is 0.741. The zero-order valence-electron chi connectivity index (χ0n) is 7.62. The van der Waals surface area contributed by atoms with Gasteiger partial charge in [0.05, 0.1) is 22.5 Å². The van der Waals surface area contributed by atoms with Crippen molar-refractivity contribution in [3.63, 3.8) is 0 Å². The Morgan fingerprint density at radius 3 is 2.60 bits per heavy atom. The second-order valence-electron chi connectivity index (χ2n) is 3.01. The molecule has 1 aromatic carbocycles. The number of rotatable bonds is 1. The molecule has 3 nitrogen and oxygen atoms in total. The third-order valence-corrected chi connectivity index (χ3v) is 2.60. The molecular weight excluding hydrogens is 256 g/mol. The lowest BCUT2D eigenvalue weighted by Crippen LogP contribution is -1.79. The highest BCUT2D eigenvalue weighted by molar-refractivity contribution is 9.08. The van der Waals surface area contributed by atoms with Crippen molar-refractivity contribution >= 4 is 26.9 Å². The summed E-state index contributed by atoms with van der Waals surface area (Å²) in [5.41, 5.74) is 1.42. The molecule has 0 saturated heterocycles. The summed E-state index contributed by atoms with van der Waals surface area (Å²) >= 11 is 3.28. The van der Waals surface area contributed by atoms with E-state index in [9.17, 15) is 0 Å². The summed E-state index contributed by atoms with van der Waals surface area (Å²) in [4.78, 5) is 0. The molecule has 72 valence electrons. The van der Waals surface area contributed by atoms with Crippen molar-refractivity contribution in [2.24, 2.45) is 0 Å². The van der Waals surface area contributed by atoms with Crippen molar-refractivity contribution in [2.75, 3.05) is 0 Å². The topological polar surface area (TPSA) is 60.7 Å². The van der Waals surface area contributed by atoms with Gasteiger partial charge >= 0.3 is 0 Å². The summed E-state index contributed by atoms with van der Waals surface area (Å²) in [7, 11) is 0. The molecule has 0 N–H and O–H groups in total. The van der Waals surface area contributed by atoms with E-state index >= 15 is 0 Å². The smallest absolute Gasteiger partial charge is 0.152 e. The van der Waals surface area contributed by atoms with Crippen LogP contribution in [-0.4, -0.2) is 0 Å². The third-order valence-electron chi connectivity index (χ3n) is 2.05. The lowest BCUT2D eigenvalue weighted by molar-refractivity contribution is 0.574. The average Bonchev–Trinajstić information content (AvgIpc) is 2.70. The van der Waals surface area contributed by atoms with Crippen LogP contribution in [0.2, 0.25) is 0 Å². The Hall–Kier alpha value is -1.78. The molecule has 0 spiro atoms. The van der Waals surface area contributed by atoms with Gasteiger partial charge in [-0.05, 0) is 18.2 Å². The van der Waals surface area contributed by atoms with Crippen LogP contribution in [0.25, 0.3) is 11.0 Å². The van der Waals surface area contributed by atoms with Crippen LogP contribution in [0, 0.1) is 22.7 Å². The number of furan rings is 1. The van der Waals surface area contributed by atoms with Gasteiger partial charge in [-0.15, -0.1) is 0 Å². The first-order valence-electron chi connectivity index (χ1n) is 4.21. The number of fused-ring (bicyclic) bond motifs is 1. The monoisotopic (exact) mass is 260 g/mol. The first-order valence-corrected chi connectivity index (χ1v) is 5.33. The molecule has 0 atom stereocenters. The number of alkyl halides is 1. The van der Waals surface area contributed by atoms with Crippen molar-refractivity contribution in [3.05, 3.63) is 35.1 Å². The maximum absolute atomic E-state index is 8.91. The van der Waals surface area contributed by atoms with E-state index in [-0.39, 0.29) is 0 Å². The number of hydrogen-bond acceptors (Lipinski definition) is 3. The maximum Gasteiger partial charge on any atom is 0.152 e. The molecule has 1 aromatic heterocycles. The molecule has 0 fully saturated rings. The van der Waals surface area contributed by atoms with Gasteiger partial charge < -0.3 is 4.42 Å². The van der Waals surface area contributed by atoms with Crippen molar-refractivity contribution < 1.29 is 4.42 Å².